The fourth-order valence-electron chi connectivity index (χ4n) is 9.82. The van der Waals surface area contributed by atoms with Crippen molar-refractivity contribution < 1.29 is 4.42 Å². The molecule has 4 heteroatoms. The summed E-state index contributed by atoms with van der Waals surface area (Å²) in [5, 5.41) is 9.61. The summed E-state index contributed by atoms with van der Waals surface area (Å²) >= 11 is 1.86. The molecule has 0 spiro atoms. The van der Waals surface area contributed by atoms with Crippen LogP contribution in [0.3, 0.4) is 0 Å². The molecule has 10 aromatic carbocycles. The Morgan fingerprint density at radius 3 is 1.79 bits per heavy atom. The molecular formula is C58H36N2OS. The predicted octanol–water partition coefficient (Wildman–Crippen LogP) is 17.0. The molecule has 0 bridgehead atoms. The van der Waals surface area contributed by atoms with Gasteiger partial charge in [0.15, 0.2) is 0 Å². The standard InChI is InChI=1S/C58H36N2OS/c1-2-14-40(15-3-1)60-50-22-8-6-17-48(50)56-51(23-12-24-52(56)60)59(41-32-27-38(28-33-41)43-19-11-26-54-55(43)49-18-7-9-25-53(49)62-54)42-34-29-39(30-35-42)45-20-10-21-46-47-36-31-37-13-4-5-16-44(37)58(47)61-57(45)46/h1-36H. The summed E-state index contributed by atoms with van der Waals surface area (Å²) in [4.78, 5) is 2.42. The molecule has 0 aliphatic rings. The fraction of sp³-hybridized carbons (Fsp3) is 0. The van der Waals surface area contributed by atoms with Crippen molar-refractivity contribution in [2.24, 2.45) is 0 Å². The SMILES string of the molecule is c1ccc(-n2c3ccccc3c3c(N(c4ccc(-c5cccc6c5oc5c7ccccc7ccc65)cc4)c4ccc(-c5cccc6sc7ccccc7c56)cc4)cccc32)cc1. The van der Waals surface area contributed by atoms with Gasteiger partial charge in [-0.1, -0.05) is 146 Å². The van der Waals surface area contributed by atoms with Crippen molar-refractivity contribution in [1.29, 1.82) is 0 Å². The first-order chi connectivity index (χ1) is 30.8. The number of para-hydroxylation sites is 3. The van der Waals surface area contributed by atoms with E-state index in [0.717, 1.165) is 66.7 Å². The van der Waals surface area contributed by atoms with Crippen LogP contribution in [0.2, 0.25) is 0 Å². The van der Waals surface area contributed by atoms with Gasteiger partial charge in [-0.05, 0) is 94.9 Å². The van der Waals surface area contributed by atoms with Gasteiger partial charge in [-0.3, -0.25) is 0 Å². The van der Waals surface area contributed by atoms with Gasteiger partial charge in [0.25, 0.3) is 0 Å². The monoisotopic (exact) mass is 808 g/mol. The third-order valence-electron chi connectivity index (χ3n) is 12.6. The normalized spacial score (nSPS) is 11.9. The fourth-order valence-corrected chi connectivity index (χ4v) is 11.0. The van der Waals surface area contributed by atoms with Crippen LogP contribution in [0.5, 0.6) is 0 Å². The number of furan rings is 1. The molecule has 0 aliphatic heterocycles. The molecule has 13 aromatic rings. The Morgan fingerprint density at radius 1 is 0.371 bits per heavy atom. The Kier molecular flexibility index (Phi) is 7.78. The first-order valence-electron chi connectivity index (χ1n) is 21.1. The van der Waals surface area contributed by atoms with Gasteiger partial charge in [-0.2, -0.15) is 0 Å². The number of thiophene rings is 1. The molecule has 0 N–H and O–H groups in total. The smallest absolute Gasteiger partial charge is 0.143 e. The lowest BCUT2D eigenvalue weighted by molar-refractivity contribution is 0.674. The molecule has 13 rings (SSSR count). The number of anilines is 3. The van der Waals surface area contributed by atoms with Crippen molar-refractivity contribution in [2.45, 2.75) is 0 Å². The van der Waals surface area contributed by atoms with Gasteiger partial charge < -0.3 is 13.9 Å². The molecule has 0 unspecified atom stereocenters. The summed E-state index contributed by atoms with van der Waals surface area (Å²) in [5.41, 5.74) is 13.2. The molecule has 0 saturated heterocycles. The summed E-state index contributed by atoms with van der Waals surface area (Å²) in [7, 11) is 0. The Labute approximate surface area is 361 Å². The first-order valence-corrected chi connectivity index (χ1v) is 21.9. The van der Waals surface area contributed by atoms with E-state index in [1.54, 1.807) is 0 Å². The van der Waals surface area contributed by atoms with Crippen LogP contribution in [-0.4, -0.2) is 4.57 Å². The van der Waals surface area contributed by atoms with E-state index in [1.165, 1.54) is 53.0 Å². The molecule has 290 valence electrons. The van der Waals surface area contributed by atoms with Crippen molar-refractivity contribution in [3.05, 3.63) is 218 Å². The van der Waals surface area contributed by atoms with E-state index in [1.807, 2.05) is 11.3 Å². The molecule has 0 radical (unpaired) electrons. The van der Waals surface area contributed by atoms with Crippen LogP contribution in [0.25, 0.3) is 103 Å². The number of aromatic nitrogens is 1. The second-order valence-corrected chi connectivity index (χ2v) is 17.1. The van der Waals surface area contributed by atoms with Crippen LogP contribution in [0.1, 0.15) is 0 Å². The van der Waals surface area contributed by atoms with Gasteiger partial charge >= 0.3 is 0 Å². The van der Waals surface area contributed by atoms with Gasteiger partial charge in [-0.15, -0.1) is 11.3 Å². The second kappa shape index (κ2) is 13.8. The molecule has 0 aliphatic carbocycles. The second-order valence-electron chi connectivity index (χ2n) is 16.0. The summed E-state index contributed by atoms with van der Waals surface area (Å²) in [6.45, 7) is 0. The van der Waals surface area contributed by atoms with Gasteiger partial charge in [0.05, 0.1) is 16.7 Å². The lowest BCUT2D eigenvalue weighted by Gasteiger charge is -2.27. The van der Waals surface area contributed by atoms with Crippen LogP contribution >= 0.6 is 11.3 Å². The number of fused-ring (bicyclic) bond motifs is 11. The zero-order chi connectivity index (χ0) is 40.7. The number of rotatable bonds is 6. The highest BCUT2D eigenvalue weighted by atomic mass is 32.1. The average molecular weight is 809 g/mol. The Balaban J connectivity index is 0.995. The Hall–Kier alpha value is -7.92. The number of hydrogen-bond acceptors (Lipinski definition) is 3. The highest BCUT2D eigenvalue weighted by molar-refractivity contribution is 7.25. The van der Waals surface area contributed by atoms with Crippen LogP contribution in [-0.2, 0) is 0 Å². The molecule has 0 amide bonds. The van der Waals surface area contributed by atoms with Crippen LogP contribution in [0, 0.1) is 0 Å². The quantitative estimate of drug-likeness (QED) is 0.167. The topological polar surface area (TPSA) is 21.3 Å². The van der Waals surface area contributed by atoms with Gasteiger partial charge in [0, 0.05) is 69.7 Å². The number of benzene rings is 10. The minimum absolute atomic E-state index is 0.908. The summed E-state index contributed by atoms with van der Waals surface area (Å²) in [6, 6.07) is 79.1. The average Bonchev–Trinajstić information content (AvgIpc) is 4.03. The van der Waals surface area contributed by atoms with Crippen molar-refractivity contribution in [3.8, 4) is 27.9 Å². The molecule has 0 atom stereocenters. The lowest BCUT2D eigenvalue weighted by Crippen LogP contribution is -2.10. The van der Waals surface area contributed by atoms with E-state index in [4.69, 9.17) is 4.42 Å². The van der Waals surface area contributed by atoms with E-state index in [0.29, 0.717) is 0 Å². The highest BCUT2D eigenvalue weighted by Gasteiger charge is 2.22. The maximum atomic E-state index is 6.78. The first kappa shape index (κ1) is 34.9. The zero-order valence-corrected chi connectivity index (χ0v) is 34.3. The minimum Gasteiger partial charge on any atom is -0.455 e. The summed E-state index contributed by atoms with van der Waals surface area (Å²) < 4.78 is 11.8. The van der Waals surface area contributed by atoms with Crippen molar-refractivity contribution in [2.75, 3.05) is 4.90 Å². The van der Waals surface area contributed by atoms with Crippen LogP contribution in [0.15, 0.2) is 223 Å². The molecule has 3 aromatic heterocycles. The van der Waals surface area contributed by atoms with Crippen LogP contribution in [0.4, 0.5) is 17.1 Å². The highest BCUT2D eigenvalue weighted by Crippen LogP contribution is 2.46. The van der Waals surface area contributed by atoms with E-state index in [9.17, 15) is 0 Å². The molecular weight excluding hydrogens is 773 g/mol. The number of hydrogen-bond donors (Lipinski definition) is 0. The molecule has 0 fully saturated rings. The third kappa shape index (κ3) is 5.30. The minimum atomic E-state index is 0.908. The lowest BCUT2D eigenvalue weighted by atomic mass is 9.98. The van der Waals surface area contributed by atoms with Crippen molar-refractivity contribution in [3.63, 3.8) is 0 Å². The van der Waals surface area contributed by atoms with E-state index in [-0.39, 0.29) is 0 Å². The van der Waals surface area contributed by atoms with Gasteiger partial charge in [0.1, 0.15) is 11.2 Å². The summed E-state index contributed by atoms with van der Waals surface area (Å²) in [5.74, 6) is 0. The zero-order valence-electron chi connectivity index (χ0n) is 33.5. The van der Waals surface area contributed by atoms with Crippen molar-refractivity contribution in [1.82, 2.24) is 4.57 Å². The maximum Gasteiger partial charge on any atom is 0.143 e. The van der Waals surface area contributed by atoms with Gasteiger partial charge in [-0.25, -0.2) is 0 Å². The van der Waals surface area contributed by atoms with E-state index >= 15 is 0 Å². The van der Waals surface area contributed by atoms with E-state index in [2.05, 4.69) is 228 Å². The molecule has 3 nitrogen and oxygen atoms in total. The third-order valence-corrected chi connectivity index (χ3v) is 13.7. The summed E-state index contributed by atoms with van der Waals surface area (Å²) in [6.07, 6.45) is 0. The number of nitrogens with zero attached hydrogens (tertiary/aromatic N) is 2. The largest absolute Gasteiger partial charge is 0.455 e. The van der Waals surface area contributed by atoms with Crippen molar-refractivity contribution >= 4 is 103 Å². The van der Waals surface area contributed by atoms with Crippen LogP contribution < -0.4 is 4.90 Å². The molecule has 62 heavy (non-hydrogen) atoms. The Morgan fingerprint density at radius 2 is 0.968 bits per heavy atom. The predicted molar refractivity (Wildman–Crippen MR) is 264 cm³/mol. The Bertz CT molecular complexity index is 3860. The molecule has 3 heterocycles. The van der Waals surface area contributed by atoms with Gasteiger partial charge in [0.2, 0.25) is 0 Å². The maximum absolute atomic E-state index is 6.78. The molecule has 0 saturated carbocycles. The van der Waals surface area contributed by atoms with E-state index < -0.39 is 0 Å².